The van der Waals surface area contributed by atoms with Crippen LogP contribution in [0.3, 0.4) is 0 Å². The minimum absolute atomic E-state index is 0.00855. The summed E-state index contributed by atoms with van der Waals surface area (Å²) in [5.41, 5.74) is 3.73. The van der Waals surface area contributed by atoms with Gasteiger partial charge in [-0.15, -0.1) is 0 Å². The summed E-state index contributed by atoms with van der Waals surface area (Å²) in [5.74, 6) is 0.230. The van der Waals surface area contributed by atoms with Gasteiger partial charge in [0.2, 0.25) is 0 Å². The van der Waals surface area contributed by atoms with Gasteiger partial charge in [0.15, 0.2) is 0 Å². The molecule has 3 atom stereocenters. The van der Waals surface area contributed by atoms with E-state index in [4.69, 9.17) is 0 Å². The predicted octanol–water partition coefficient (Wildman–Crippen LogP) is 3.45. The number of hydrogen-bond donors (Lipinski definition) is 1. The minimum Gasteiger partial charge on any atom is -0.392 e. The highest BCUT2D eigenvalue weighted by molar-refractivity contribution is 7.59. The third kappa shape index (κ3) is 2.24. The van der Waals surface area contributed by atoms with Crippen LogP contribution >= 0.6 is 7.29 Å². The maximum atomic E-state index is 12.3. The second kappa shape index (κ2) is 5.54. The number of nitrogens with zero attached hydrogens (tertiary/aromatic N) is 3. The lowest BCUT2D eigenvalue weighted by molar-refractivity contribution is -0.152. The summed E-state index contributed by atoms with van der Waals surface area (Å²) < 4.78 is 16.7. The molecule has 1 saturated carbocycles. The molecular weight excluding hydrogens is 345 g/mol. The van der Waals surface area contributed by atoms with Crippen LogP contribution in [0.15, 0.2) is 36.8 Å². The molecule has 1 spiro atoms. The Labute approximate surface area is 154 Å². The quantitative estimate of drug-likeness (QED) is 0.822. The predicted molar refractivity (Wildman–Crippen MR) is 103 cm³/mol. The Morgan fingerprint density at radius 1 is 1.23 bits per heavy atom. The van der Waals surface area contributed by atoms with Gasteiger partial charge in [0.1, 0.15) is 7.29 Å². The van der Waals surface area contributed by atoms with Crippen molar-refractivity contribution in [3.05, 3.63) is 42.4 Å². The van der Waals surface area contributed by atoms with Crippen molar-refractivity contribution in [2.24, 2.45) is 11.3 Å². The number of aliphatic hydroxyl groups excluding tert-OH is 1. The van der Waals surface area contributed by atoms with E-state index in [2.05, 4.69) is 38.5 Å². The molecule has 2 aliphatic heterocycles. The van der Waals surface area contributed by atoms with Gasteiger partial charge < -0.3 is 14.2 Å². The number of hydrogen-bond acceptors (Lipinski definition) is 3. The highest BCUT2D eigenvalue weighted by atomic mass is 31.2. The van der Waals surface area contributed by atoms with E-state index in [1.807, 2.05) is 25.9 Å². The molecule has 0 unspecified atom stereocenters. The lowest BCUT2D eigenvalue weighted by Gasteiger charge is -2.58. The SMILES string of the molecule is CP(C)(=O)N1CCC2(CC1)C[C@@H]([C@H]1c3ccccc3-c3cncn31)[C@H]2O. The standard InChI is InChI=1S/C20H26N3O2P/c1-26(2,25)22-9-7-20(8-10-22)11-16(19(20)24)18-15-6-4-3-5-14(15)17-12-21-13-23(17)18/h3-6,12-13,16,18-19,24H,7-11H2,1-2H3/t16-,18+,19+/m0/s1. The number of aliphatic hydroxyl groups is 1. The maximum Gasteiger partial charge on any atom is 0.144 e. The lowest BCUT2D eigenvalue weighted by Crippen LogP contribution is -2.59. The van der Waals surface area contributed by atoms with Gasteiger partial charge in [-0.25, -0.2) is 4.98 Å². The van der Waals surface area contributed by atoms with E-state index in [1.54, 1.807) is 0 Å². The molecule has 1 aromatic carbocycles. The van der Waals surface area contributed by atoms with Crippen LogP contribution in [0, 0.1) is 11.3 Å². The monoisotopic (exact) mass is 371 g/mol. The van der Waals surface area contributed by atoms with Crippen molar-refractivity contribution in [2.45, 2.75) is 31.4 Å². The second-order valence-electron chi connectivity index (χ2n) is 8.64. The first-order valence-corrected chi connectivity index (χ1v) is 12.1. The van der Waals surface area contributed by atoms with Crippen molar-refractivity contribution in [1.82, 2.24) is 14.2 Å². The van der Waals surface area contributed by atoms with Crippen molar-refractivity contribution in [2.75, 3.05) is 26.4 Å². The highest BCUT2D eigenvalue weighted by Gasteiger charge is 2.58. The van der Waals surface area contributed by atoms with Crippen molar-refractivity contribution < 1.29 is 9.67 Å². The highest BCUT2D eigenvalue weighted by Crippen LogP contribution is 2.61. The number of imidazole rings is 1. The topological polar surface area (TPSA) is 58.4 Å². The normalized spacial score (nSPS) is 30.0. The summed E-state index contributed by atoms with van der Waals surface area (Å²) in [6.07, 6.45) is 6.46. The van der Waals surface area contributed by atoms with Crippen LogP contribution in [0.1, 0.15) is 30.9 Å². The van der Waals surface area contributed by atoms with Crippen molar-refractivity contribution in [3.63, 3.8) is 0 Å². The molecule has 0 amide bonds. The molecule has 6 heteroatoms. The zero-order valence-corrected chi connectivity index (χ0v) is 16.3. The molecule has 0 radical (unpaired) electrons. The maximum absolute atomic E-state index is 12.3. The largest absolute Gasteiger partial charge is 0.392 e. The Balaban J connectivity index is 1.39. The average molecular weight is 371 g/mol. The molecule has 1 N–H and O–H groups in total. The summed E-state index contributed by atoms with van der Waals surface area (Å²) in [5, 5.41) is 11.2. The molecular formula is C20H26N3O2P. The van der Waals surface area contributed by atoms with E-state index < -0.39 is 7.29 Å². The number of benzene rings is 1. The van der Waals surface area contributed by atoms with E-state index in [0.29, 0.717) is 0 Å². The first-order chi connectivity index (χ1) is 12.4. The Hall–Kier alpha value is -1.42. The summed E-state index contributed by atoms with van der Waals surface area (Å²) in [6, 6.07) is 8.69. The molecule has 26 heavy (non-hydrogen) atoms. The van der Waals surface area contributed by atoms with E-state index >= 15 is 0 Å². The van der Waals surface area contributed by atoms with Crippen LogP contribution in [-0.2, 0) is 4.57 Å². The number of aromatic nitrogens is 2. The van der Waals surface area contributed by atoms with Gasteiger partial charge >= 0.3 is 0 Å². The fourth-order valence-corrected chi connectivity index (χ4v) is 6.67. The summed E-state index contributed by atoms with van der Waals surface area (Å²) in [4.78, 5) is 4.34. The number of fused-ring (bicyclic) bond motifs is 3. The smallest absolute Gasteiger partial charge is 0.144 e. The summed E-state index contributed by atoms with van der Waals surface area (Å²) >= 11 is 0. The molecule has 1 aliphatic carbocycles. The van der Waals surface area contributed by atoms with Crippen molar-refractivity contribution >= 4 is 7.29 Å². The third-order valence-electron chi connectivity index (χ3n) is 7.02. The fraction of sp³-hybridized carbons (Fsp3) is 0.550. The molecule has 5 rings (SSSR count). The van der Waals surface area contributed by atoms with Crippen molar-refractivity contribution in [3.8, 4) is 11.3 Å². The van der Waals surface area contributed by atoms with Gasteiger partial charge in [-0.3, -0.25) is 4.67 Å². The Morgan fingerprint density at radius 2 is 1.96 bits per heavy atom. The van der Waals surface area contributed by atoms with Crippen LogP contribution in [0.2, 0.25) is 0 Å². The number of rotatable bonds is 2. The second-order valence-corrected chi connectivity index (χ2v) is 11.8. The summed E-state index contributed by atoms with van der Waals surface area (Å²) in [6.45, 7) is 5.37. The minimum atomic E-state index is -2.18. The van der Waals surface area contributed by atoms with E-state index in [9.17, 15) is 9.67 Å². The number of piperidine rings is 1. The molecule has 3 aliphatic rings. The molecule has 5 nitrogen and oxygen atoms in total. The van der Waals surface area contributed by atoms with Crippen LogP contribution in [-0.4, -0.2) is 51.9 Å². The Bertz CT molecular complexity index is 894. The van der Waals surface area contributed by atoms with Gasteiger partial charge in [0, 0.05) is 37.9 Å². The van der Waals surface area contributed by atoms with Crippen LogP contribution in [0.4, 0.5) is 0 Å². The van der Waals surface area contributed by atoms with Crippen LogP contribution in [0.25, 0.3) is 11.3 Å². The van der Waals surface area contributed by atoms with E-state index in [0.717, 1.165) is 38.0 Å². The molecule has 1 aromatic heterocycles. The van der Waals surface area contributed by atoms with Gasteiger partial charge in [-0.1, -0.05) is 24.3 Å². The molecule has 2 aromatic rings. The zero-order chi connectivity index (χ0) is 18.1. The van der Waals surface area contributed by atoms with Gasteiger partial charge in [-0.05, 0) is 30.2 Å². The van der Waals surface area contributed by atoms with E-state index in [-0.39, 0.29) is 23.5 Å². The first kappa shape index (κ1) is 16.7. The molecule has 1 saturated heterocycles. The zero-order valence-electron chi connectivity index (χ0n) is 15.4. The Morgan fingerprint density at radius 3 is 2.65 bits per heavy atom. The van der Waals surface area contributed by atoms with Gasteiger partial charge in [0.25, 0.3) is 0 Å². The Kier molecular flexibility index (Phi) is 3.57. The first-order valence-electron chi connectivity index (χ1n) is 9.50. The fourth-order valence-electron chi connectivity index (χ4n) is 5.51. The van der Waals surface area contributed by atoms with Crippen LogP contribution in [0.5, 0.6) is 0 Å². The van der Waals surface area contributed by atoms with Gasteiger partial charge in [-0.2, -0.15) is 0 Å². The molecule has 0 bridgehead atoms. The molecule has 138 valence electrons. The summed E-state index contributed by atoms with van der Waals surface area (Å²) in [7, 11) is -2.18. The van der Waals surface area contributed by atoms with E-state index in [1.165, 1.54) is 11.1 Å². The average Bonchev–Trinajstić information content (AvgIpc) is 3.20. The van der Waals surface area contributed by atoms with Crippen molar-refractivity contribution in [1.29, 1.82) is 0 Å². The van der Waals surface area contributed by atoms with Crippen LogP contribution < -0.4 is 0 Å². The lowest BCUT2D eigenvalue weighted by atomic mass is 9.53. The van der Waals surface area contributed by atoms with Gasteiger partial charge in [0.05, 0.1) is 30.4 Å². The third-order valence-corrected chi connectivity index (χ3v) is 8.78. The molecule has 3 heterocycles. The molecule has 2 fully saturated rings.